The fourth-order valence-electron chi connectivity index (χ4n) is 3.32. The van der Waals surface area contributed by atoms with Crippen LogP contribution in [0.25, 0.3) is 10.2 Å². The molecular weight excluding hydrogens is 364 g/mol. The zero-order valence-electron chi connectivity index (χ0n) is 15.9. The van der Waals surface area contributed by atoms with Gasteiger partial charge in [0.25, 0.3) is 0 Å². The molecule has 0 bridgehead atoms. The first kappa shape index (κ1) is 19.5. The Balaban J connectivity index is 1.54. The third-order valence-corrected chi connectivity index (χ3v) is 5.94. The van der Waals surface area contributed by atoms with Crippen LogP contribution in [0.1, 0.15) is 38.0 Å². The fraction of sp³-hybridized carbons (Fsp3) is 0.579. The van der Waals surface area contributed by atoms with Crippen molar-refractivity contribution >= 4 is 39.2 Å². The molecule has 1 unspecified atom stereocenters. The molecule has 1 fully saturated rings. The zero-order chi connectivity index (χ0) is 19.2. The van der Waals surface area contributed by atoms with E-state index >= 15 is 0 Å². The van der Waals surface area contributed by atoms with E-state index in [1.807, 2.05) is 0 Å². The lowest BCUT2D eigenvalue weighted by Crippen LogP contribution is -2.43. The zero-order valence-corrected chi connectivity index (χ0v) is 16.7. The van der Waals surface area contributed by atoms with E-state index < -0.39 is 0 Å². The number of fused-ring (bicyclic) bond motifs is 1. The van der Waals surface area contributed by atoms with Crippen LogP contribution in [0.3, 0.4) is 0 Å². The normalized spacial score (nSPS) is 17.1. The number of amides is 1. The minimum Gasteiger partial charge on any atom is -0.466 e. The van der Waals surface area contributed by atoms with Crippen molar-refractivity contribution in [2.45, 2.75) is 39.5 Å². The van der Waals surface area contributed by atoms with Gasteiger partial charge in [-0.1, -0.05) is 6.92 Å². The first-order valence-corrected chi connectivity index (χ1v) is 10.4. The number of piperidine rings is 1. The van der Waals surface area contributed by atoms with Crippen LogP contribution in [0.5, 0.6) is 0 Å². The van der Waals surface area contributed by atoms with Crippen molar-refractivity contribution in [3.8, 4) is 0 Å². The number of nitrogens with one attached hydrogen (secondary N) is 1. The van der Waals surface area contributed by atoms with E-state index in [2.05, 4.69) is 28.3 Å². The van der Waals surface area contributed by atoms with Crippen LogP contribution in [-0.2, 0) is 20.7 Å². The summed E-state index contributed by atoms with van der Waals surface area (Å²) in [6.07, 6.45) is 4.51. The Hall–Kier alpha value is -2.22. The summed E-state index contributed by atoms with van der Waals surface area (Å²) in [5.41, 5.74) is 0. The Kier molecular flexibility index (Phi) is 6.60. The van der Waals surface area contributed by atoms with Crippen molar-refractivity contribution in [1.29, 1.82) is 0 Å². The molecule has 1 aliphatic rings. The number of hydrogen-bond donors (Lipinski definition) is 1. The molecule has 1 N–H and O–H groups in total. The van der Waals surface area contributed by atoms with Gasteiger partial charge in [0.05, 0.1) is 17.9 Å². The highest BCUT2D eigenvalue weighted by molar-refractivity contribution is 7.18. The summed E-state index contributed by atoms with van der Waals surface area (Å²) in [5.74, 6) is 0.434. The highest BCUT2D eigenvalue weighted by Gasteiger charge is 2.29. The summed E-state index contributed by atoms with van der Waals surface area (Å²) in [4.78, 5) is 37.1. The van der Waals surface area contributed by atoms with E-state index in [9.17, 15) is 9.59 Å². The van der Waals surface area contributed by atoms with Gasteiger partial charge in [-0.15, -0.1) is 11.3 Å². The molecule has 3 heterocycles. The quantitative estimate of drug-likeness (QED) is 0.732. The molecule has 0 aliphatic carbocycles. The maximum absolute atomic E-state index is 12.5. The van der Waals surface area contributed by atoms with Crippen molar-refractivity contribution < 1.29 is 14.3 Å². The maximum Gasteiger partial charge on any atom is 0.310 e. The van der Waals surface area contributed by atoms with Crippen LogP contribution in [0.15, 0.2) is 12.4 Å². The highest BCUT2D eigenvalue weighted by atomic mass is 32.1. The second-order valence-corrected chi connectivity index (χ2v) is 7.73. The van der Waals surface area contributed by atoms with E-state index in [0.29, 0.717) is 32.7 Å². The van der Waals surface area contributed by atoms with Gasteiger partial charge in [0, 0.05) is 30.9 Å². The van der Waals surface area contributed by atoms with Gasteiger partial charge in [0.2, 0.25) is 5.91 Å². The number of thiophene rings is 1. The molecule has 2 aromatic heterocycles. The number of aromatic nitrogens is 2. The van der Waals surface area contributed by atoms with Gasteiger partial charge < -0.3 is 15.0 Å². The summed E-state index contributed by atoms with van der Waals surface area (Å²) in [6, 6.07) is 2.11. The van der Waals surface area contributed by atoms with Crippen molar-refractivity contribution in [2.75, 3.05) is 31.6 Å². The second kappa shape index (κ2) is 9.12. The largest absolute Gasteiger partial charge is 0.466 e. The van der Waals surface area contributed by atoms with Gasteiger partial charge in [-0.3, -0.25) is 9.59 Å². The number of hydrogen-bond acceptors (Lipinski definition) is 7. The van der Waals surface area contributed by atoms with Crippen molar-refractivity contribution in [3.05, 3.63) is 17.3 Å². The number of anilines is 1. The minimum absolute atomic E-state index is 0.0568. The lowest BCUT2D eigenvalue weighted by Gasteiger charge is -2.31. The predicted octanol–water partition coefficient (Wildman–Crippen LogP) is 2.86. The number of carbonyl (C=O) groups excluding carboxylic acids is 2. The van der Waals surface area contributed by atoms with Gasteiger partial charge in [-0.05, 0) is 32.3 Å². The molecule has 0 radical (unpaired) electrons. The Morgan fingerprint density at radius 3 is 3.00 bits per heavy atom. The van der Waals surface area contributed by atoms with Crippen molar-refractivity contribution in [1.82, 2.24) is 14.9 Å². The van der Waals surface area contributed by atoms with Crippen LogP contribution in [0.2, 0.25) is 0 Å². The van der Waals surface area contributed by atoms with Gasteiger partial charge in [-0.25, -0.2) is 9.97 Å². The number of esters is 1. The maximum atomic E-state index is 12.5. The third-order valence-electron chi connectivity index (χ3n) is 4.75. The summed E-state index contributed by atoms with van der Waals surface area (Å²) in [6.45, 7) is 5.96. The SMILES string of the molecule is CCOC(=O)C1CCCN(C(=O)CCNc2ncnc3sc(CC)cc23)C1. The second-order valence-electron chi connectivity index (χ2n) is 6.62. The molecule has 3 rings (SSSR count). The number of carbonyl (C=O) groups is 2. The predicted molar refractivity (Wildman–Crippen MR) is 106 cm³/mol. The number of aryl methyl sites for hydroxylation is 1. The van der Waals surface area contributed by atoms with Gasteiger partial charge >= 0.3 is 5.97 Å². The molecule has 27 heavy (non-hydrogen) atoms. The number of rotatable bonds is 7. The Morgan fingerprint density at radius 2 is 2.22 bits per heavy atom. The molecule has 2 aromatic rings. The number of likely N-dealkylation sites (tertiary alicyclic amines) is 1. The van der Waals surface area contributed by atoms with Crippen LogP contribution >= 0.6 is 11.3 Å². The average molecular weight is 391 g/mol. The van der Waals surface area contributed by atoms with Crippen LogP contribution in [-0.4, -0.2) is 53.0 Å². The van der Waals surface area contributed by atoms with Crippen molar-refractivity contribution in [3.63, 3.8) is 0 Å². The topological polar surface area (TPSA) is 84.4 Å². The van der Waals surface area contributed by atoms with Gasteiger partial charge in [0.15, 0.2) is 0 Å². The van der Waals surface area contributed by atoms with E-state index in [0.717, 1.165) is 35.3 Å². The third kappa shape index (κ3) is 4.74. The van der Waals surface area contributed by atoms with Crippen LogP contribution < -0.4 is 5.32 Å². The molecule has 0 saturated carbocycles. The van der Waals surface area contributed by atoms with Crippen molar-refractivity contribution in [2.24, 2.45) is 5.92 Å². The van der Waals surface area contributed by atoms with Gasteiger partial charge in [-0.2, -0.15) is 0 Å². The van der Waals surface area contributed by atoms with Gasteiger partial charge in [0.1, 0.15) is 17.0 Å². The Bertz CT molecular complexity index is 807. The molecule has 8 heteroatoms. The first-order valence-electron chi connectivity index (χ1n) is 9.54. The molecule has 7 nitrogen and oxygen atoms in total. The lowest BCUT2D eigenvalue weighted by atomic mass is 9.98. The Morgan fingerprint density at radius 1 is 1.37 bits per heavy atom. The molecule has 1 atom stereocenters. The van der Waals surface area contributed by atoms with E-state index in [1.165, 1.54) is 4.88 Å². The first-order chi connectivity index (χ1) is 13.1. The lowest BCUT2D eigenvalue weighted by molar-refractivity contribution is -0.151. The van der Waals surface area contributed by atoms with E-state index in [-0.39, 0.29) is 17.8 Å². The molecule has 0 spiro atoms. The highest BCUT2D eigenvalue weighted by Crippen LogP contribution is 2.28. The Labute approximate surface area is 163 Å². The number of nitrogens with zero attached hydrogens (tertiary/aromatic N) is 3. The monoisotopic (exact) mass is 390 g/mol. The molecule has 0 aromatic carbocycles. The summed E-state index contributed by atoms with van der Waals surface area (Å²) in [5, 5.41) is 4.27. The fourth-order valence-corrected chi connectivity index (χ4v) is 4.26. The van der Waals surface area contributed by atoms with E-state index in [4.69, 9.17) is 4.74 Å². The summed E-state index contributed by atoms with van der Waals surface area (Å²) >= 11 is 1.67. The molecule has 1 amide bonds. The molecule has 146 valence electrons. The molecular formula is C19H26N4O3S. The van der Waals surface area contributed by atoms with E-state index in [1.54, 1.807) is 29.5 Å². The number of ether oxygens (including phenoxy) is 1. The average Bonchev–Trinajstić information content (AvgIpc) is 3.12. The summed E-state index contributed by atoms with van der Waals surface area (Å²) < 4.78 is 5.10. The molecule has 1 saturated heterocycles. The minimum atomic E-state index is -0.199. The summed E-state index contributed by atoms with van der Waals surface area (Å²) in [7, 11) is 0. The van der Waals surface area contributed by atoms with Crippen LogP contribution in [0.4, 0.5) is 5.82 Å². The smallest absolute Gasteiger partial charge is 0.310 e. The standard InChI is InChI=1S/C19H26N4O3S/c1-3-14-10-15-17(21-12-22-18(15)27-14)20-8-7-16(24)23-9-5-6-13(11-23)19(25)26-4-2/h10,12-13H,3-9,11H2,1-2H3,(H,20,21,22). The molecule has 1 aliphatic heterocycles. The van der Waals surface area contributed by atoms with Crippen LogP contribution in [0, 0.1) is 5.92 Å².